The third kappa shape index (κ3) is 4.40. The van der Waals surface area contributed by atoms with Crippen molar-refractivity contribution in [3.05, 3.63) is 47.0 Å². The van der Waals surface area contributed by atoms with E-state index in [0.717, 1.165) is 0 Å². The number of carbonyl (C=O) groups excluding carboxylic acids is 2. The quantitative estimate of drug-likeness (QED) is 0.817. The van der Waals surface area contributed by atoms with Crippen LogP contribution in [0.25, 0.3) is 0 Å². The van der Waals surface area contributed by atoms with E-state index in [2.05, 4.69) is 10.6 Å². The van der Waals surface area contributed by atoms with Crippen LogP contribution in [-0.4, -0.2) is 26.0 Å². The molecule has 128 valence electrons. The minimum atomic E-state index is -0.896. The summed E-state index contributed by atoms with van der Waals surface area (Å²) >= 11 is 5.99. The Morgan fingerprint density at radius 2 is 1.60 bits per heavy atom. The molecule has 0 aliphatic rings. The molecule has 0 aliphatic carbocycles. The summed E-state index contributed by atoms with van der Waals surface area (Å²) in [5.74, 6) is -1.16. The third-order valence-corrected chi connectivity index (χ3v) is 3.50. The van der Waals surface area contributed by atoms with Crippen LogP contribution < -0.4 is 20.1 Å². The van der Waals surface area contributed by atoms with Crippen LogP contribution in [0.1, 0.15) is 5.56 Å². The first-order valence-corrected chi connectivity index (χ1v) is 7.40. The predicted molar refractivity (Wildman–Crippen MR) is 93.0 cm³/mol. The van der Waals surface area contributed by atoms with Gasteiger partial charge in [0.2, 0.25) is 0 Å². The van der Waals surface area contributed by atoms with Crippen LogP contribution in [-0.2, 0) is 9.59 Å². The number of methoxy groups -OCH3 is 2. The third-order valence-electron chi connectivity index (χ3n) is 3.20. The summed E-state index contributed by atoms with van der Waals surface area (Å²) in [6.07, 6.45) is 0. The second kappa shape index (κ2) is 8.04. The highest BCUT2D eigenvalue weighted by Crippen LogP contribution is 2.35. The van der Waals surface area contributed by atoms with E-state index in [9.17, 15) is 9.59 Å². The van der Waals surface area contributed by atoms with E-state index >= 15 is 0 Å². The van der Waals surface area contributed by atoms with Crippen molar-refractivity contribution >= 4 is 34.8 Å². The number of carbonyl (C=O) groups is 2. The number of nitrogens with zero attached hydrogens (tertiary/aromatic N) is 1. The summed E-state index contributed by atoms with van der Waals surface area (Å²) in [5, 5.41) is 13.9. The molecule has 0 bridgehead atoms. The summed E-state index contributed by atoms with van der Waals surface area (Å²) in [7, 11) is 2.83. The summed E-state index contributed by atoms with van der Waals surface area (Å²) in [6, 6.07) is 11.0. The molecule has 8 heteroatoms. The number of anilines is 2. The van der Waals surface area contributed by atoms with E-state index < -0.39 is 11.8 Å². The van der Waals surface area contributed by atoms with E-state index in [-0.39, 0.29) is 11.4 Å². The average molecular weight is 360 g/mol. The molecule has 0 spiro atoms. The Morgan fingerprint density at radius 1 is 1.00 bits per heavy atom. The molecule has 7 nitrogen and oxygen atoms in total. The van der Waals surface area contributed by atoms with Gasteiger partial charge in [-0.15, -0.1) is 0 Å². The van der Waals surface area contributed by atoms with Gasteiger partial charge in [-0.1, -0.05) is 11.6 Å². The number of halogens is 1. The van der Waals surface area contributed by atoms with Gasteiger partial charge < -0.3 is 20.1 Å². The Kier molecular flexibility index (Phi) is 5.82. The Hall–Kier alpha value is -3.24. The SMILES string of the molecule is COc1cc(NC(=O)C(=O)Nc2ccc(C#N)cc2)c(OC)cc1Cl. The molecule has 2 aromatic rings. The first-order valence-electron chi connectivity index (χ1n) is 7.02. The topological polar surface area (TPSA) is 100 Å². The number of benzene rings is 2. The van der Waals surface area contributed by atoms with Crippen LogP contribution in [0.2, 0.25) is 5.02 Å². The lowest BCUT2D eigenvalue weighted by molar-refractivity contribution is -0.133. The van der Waals surface area contributed by atoms with Gasteiger partial charge in [0.1, 0.15) is 11.5 Å². The lowest BCUT2D eigenvalue weighted by atomic mass is 10.2. The second-order valence-electron chi connectivity index (χ2n) is 4.78. The molecule has 0 atom stereocenters. The number of nitriles is 1. The maximum absolute atomic E-state index is 12.1. The molecule has 2 aromatic carbocycles. The molecule has 0 heterocycles. The van der Waals surface area contributed by atoms with Crippen LogP contribution in [0, 0.1) is 11.3 Å². The van der Waals surface area contributed by atoms with Crippen LogP contribution >= 0.6 is 11.6 Å². The molecule has 0 saturated heterocycles. The molecule has 0 radical (unpaired) electrons. The minimum absolute atomic E-state index is 0.240. The second-order valence-corrected chi connectivity index (χ2v) is 5.19. The van der Waals surface area contributed by atoms with Gasteiger partial charge in [0, 0.05) is 17.8 Å². The van der Waals surface area contributed by atoms with Crippen molar-refractivity contribution in [1.29, 1.82) is 5.26 Å². The molecule has 25 heavy (non-hydrogen) atoms. The maximum Gasteiger partial charge on any atom is 0.314 e. The maximum atomic E-state index is 12.1. The van der Waals surface area contributed by atoms with Crippen molar-refractivity contribution in [3.8, 4) is 17.6 Å². The first kappa shape index (κ1) is 18.1. The standard InChI is InChI=1S/C17H14ClN3O4/c1-24-14-8-13(15(25-2)7-12(14)18)21-17(23)16(22)20-11-5-3-10(9-19)4-6-11/h3-8H,1-2H3,(H,20,22)(H,21,23). The van der Waals surface area contributed by atoms with Gasteiger partial charge in [-0.2, -0.15) is 5.26 Å². The van der Waals surface area contributed by atoms with Crippen LogP contribution in [0.4, 0.5) is 11.4 Å². The molecule has 0 saturated carbocycles. The monoisotopic (exact) mass is 359 g/mol. The molecular formula is C17H14ClN3O4. The van der Waals surface area contributed by atoms with Gasteiger partial charge in [0.15, 0.2) is 0 Å². The average Bonchev–Trinajstić information content (AvgIpc) is 2.63. The summed E-state index contributed by atoms with van der Waals surface area (Å²) in [6.45, 7) is 0. The highest BCUT2D eigenvalue weighted by molar-refractivity contribution is 6.44. The first-order chi connectivity index (χ1) is 12.0. The van der Waals surface area contributed by atoms with Crippen molar-refractivity contribution < 1.29 is 19.1 Å². The van der Waals surface area contributed by atoms with E-state index in [1.54, 1.807) is 0 Å². The fraction of sp³-hybridized carbons (Fsp3) is 0.118. The molecule has 0 fully saturated rings. The lowest BCUT2D eigenvalue weighted by Crippen LogP contribution is -2.29. The van der Waals surface area contributed by atoms with Crippen molar-refractivity contribution in [2.75, 3.05) is 24.9 Å². The highest BCUT2D eigenvalue weighted by atomic mass is 35.5. The van der Waals surface area contributed by atoms with E-state index in [1.165, 1.54) is 50.6 Å². The van der Waals surface area contributed by atoms with Gasteiger partial charge in [-0.05, 0) is 24.3 Å². The molecule has 0 unspecified atom stereocenters. The number of hydrogen-bond acceptors (Lipinski definition) is 5. The smallest absolute Gasteiger partial charge is 0.314 e. The molecule has 2 amide bonds. The van der Waals surface area contributed by atoms with Crippen molar-refractivity contribution in [3.63, 3.8) is 0 Å². The van der Waals surface area contributed by atoms with Crippen molar-refractivity contribution in [2.24, 2.45) is 0 Å². The van der Waals surface area contributed by atoms with Gasteiger partial charge in [-0.3, -0.25) is 9.59 Å². The zero-order chi connectivity index (χ0) is 18.4. The molecule has 2 N–H and O–H groups in total. The van der Waals surface area contributed by atoms with Crippen molar-refractivity contribution in [1.82, 2.24) is 0 Å². The van der Waals surface area contributed by atoms with Gasteiger partial charge >= 0.3 is 11.8 Å². The van der Waals surface area contributed by atoms with Gasteiger partial charge in [0.25, 0.3) is 0 Å². The Labute approximate surface area is 149 Å². The Balaban J connectivity index is 2.12. The number of hydrogen-bond donors (Lipinski definition) is 2. The van der Waals surface area contributed by atoms with E-state index in [4.69, 9.17) is 26.3 Å². The highest BCUT2D eigenvalue weighted by Gasteiger charge is 2.18. The van der Waals surface area contributed by atoms with Gasteiger partial charge in [-0.25, -0.2) is 0 Å². The summed E-state index contributed by atoms with van der Waals surface area (Å²) in [5.41, 5.74) is 1.07. The minimum Gasteiger partial charge on any atom is -0.495 e. The van der Waals surface area contributed by atoms with Crippen LogP contribution in [0.5, 0.6) is 11.5 Å². The van der Waals surface area contributed by atoms with E-state index in [0.29, 0.717) is 22.0 Å². The number of ether oxygens (including phenoxy) is 2. The number of amides is 2. The Bertz CT molecular complexity index is 844. The molecule has 0 aromatic heterocycles. The van der Waals surface area contributed by atoms with Gasteiger partial charge in [0.05, 0.1) is 36.6 Å². The van der Waals surface area contributed by atoms with Crippen molar-refractivity contribution in [2.45, 2.75) is 0 Å². The van der Waals surface area contributed by atoms with E-state index in [1.807, 2.05) is 6.07 Å². The molecular weight excluding hydrogens is 346 g/mol. The fourth-order valence-corrected chi connectivity index (χ4v) is 2.18. The van der Waals surface area contributed by atoms with Crippen LogP contribution in [0.3, 0.4) is 0 Å². The zero-order valence-electron chi connectivity index (χ0n) is 13.4. The summed E-state index contributed by atoms with van der Waals surface area (Å²) in [4.78, 5) is 24.1. The largest absolute Gasteiger partial charge is 0.495 e. The molecule has 0 aliphatic heterocycles. The number of nitrogens with one attached hydrogen (secondary N) is 2. The predicted octanol–water partition coefficient (Wildman–Crippen LogP) is 2.81. The summed E-state index contributed by atoms with van der Waals surface area (Å²) < 4.78 is 10.2. The molecule has 2 rings (SSSR count). The Morgan fingerprint density at radius 3 is 2.16 bits per heavy atom. The zero-order valence-corrected chi connectivity index (χ0v) is 14.2. The number of rotatable bonds is 4. The van der Waals surface area contributed by atoms with Crippen LogP contribution in [0.15, 0.2) is 36.4 Å². The normalized spacial score (nSPS) is 9.68. The fourth-order valence-electron chi connectivity index (χ4n) is 1.95. The lowest BCUT2D eigenvalue weighted by Gasteiger charge is -2.13.